The molecule has 104 valence electrons. The Kier molecular flexibility index (Phi) is 5.10. The molecule has 1 rings (SSSR count). The van der Waals surface area contributed by atoms with Crippen molar-refractivity contribution in [3.8, 4) is 0 Å². The molecule has 6 heteroatoms. The lowest BCUT2D eigenvalue weighted by atomic mass is 10.0. The molecule has 0 saturated carbocycles. The van der Waals surface area contributed by atoms with Crippen molar-refractivity contribution in [1.82, 2.24) is 10.2 Å². The number of carbonyl (C=O) groups excluding carboxylic acids is 2. The summed E-state index contributed by atoms with van der Waals surface area (Å²) in [7, 11) is 1.57. The number of methoxy groups -OCH3 is 1. The number of nitrogens with zero attached hydrogens (tertiary/aromatic N) is 1. The first-order valence-corrected chi connectivity index (χ1v) is 6.19. The molecule has 6 nitrogen and oxygen atoms in total. The zero-order valence-electron chi connectivity index (χ0n) is 11.4. The van der Waals surface area contributed by atoms with Crippen LogP contribution in [0.15, 0.2) is 0 Å². The Balaban J connectivity index is 2.69. The second-order valence-corrected chi connectivity index (χ2v) is 5.28. The van der Waals surface area contributed by atoms with Crippen LogP contribution in [0.3, 0.4) is 0 Å². The molecule has 0 aliphatic carbocycles. The van der Waals surface area contributed by atoms with E-state index in [1.54, 1.807) is 12.0 Å². The maximum absolute atomic E-state index is 12.3. The lowest BCUT2D eigenvalue weighted by Crippen LogP contribution is -2.48. The van der Waals surface area contributed by atoms with Crippen molar-refractivity contribution in [2.24, 2.45) is 5.73 Å². The first-order valence-electron chi connectivity index (χ1n) is 6.19. The Labute approximate surface area is 108 Å². The van der Waals surface area contributed by atoms with Gasteiger partial charge in [-0.3, -0.25) is 9.59 Å². The standard InChI is InChI=1S/C12H23N3O3/c1-12(2,18-3)6-11(17)15(8-10(13)16)9-4-5-14-7-9/h9,14H,4-8H2,1-3H3,(H2,13,16). The molecular weight excluding hydrogens is 234 g/mol. The molecule has 0 radical (unpaired) electrons. The highest BCUT2D eigenvalue weighted by Gasteiger charge is 2.31. The van der Waals surface area contributed by atoms with Crippen LogP contribution >= 0.6 is 0 Å². The van der Waals surface area contributed by atoms with Gasteiger partial charge in [-0.15, -0.1) is 0 Å². The number of nitrogens with two attached hydrogens (primary N) is 1. The summed E-state index contributed by atoms with van der Waals surface area (Å²) in [5.41, 5.74) is 4.68. The minimum atomic E-state index is -0.529. The quantitative estimate of drug-likeness (QED) is 0.670. The summed E-state index contributed by atoms with van der Waals surface area (Å²) in [6.45, 7) is 5.25. The minimum Gasteiger partial charge on any atom is -0.378 e. The summed E-state index contributed by atoms with van der Waals surface area (Å²) in [5, 5.41) is 3.18. The average molecular weight is 257 g/mol. The molecule has 0 aromatic rings. The number of rotatable bonds is 6. The van der Waals surface area contributed by atoms with E-state index in [1.165, 1.54) is 0 Å². The Bertz CT molecular complexity index is 312. The number of amides is 2. The molecule has 1 saturated heterocycles. The summed E-state index contributed by atoms with van der Waals surface area (Å²) < 4.78 is 5.25. The fraction of sp³-hybridized carbons (Fsp3) is 0.833. The van der Waals surface area contributed by atoms with E-state index >= 15 is 0 Å². The maximum Gasteiger partial charge on any atom is 0.237 e. The van der Waals surface area contributed by atoms with E-state index in [0.29, 0.717) is 6.54 Å². The topological polar surface area (TPSA) is 84.7 Å². The largest absolute Gasteiger partial charge is 0.378 e. The van der Waals surface area contributed by atoms with Crippen molar-refractivity contribution in [3.05, 3.63) is 0 Å². The van der Waals surface area contributed by atoms with Gasteiger partial charge in [-0.1, -0.05) is 0 Å². The van der Waals surface area contributed by atoms with Crippen molar-refractivity contribution in [1.29, 1.82) is 0 Å². The van der Waals surface area contributed by atoms with Gasteiger partial charge in [-0.2, -0.15) is 0 Å². The summed E-state index contributed by atoms with van der Waals surface area (Å²) in [5.74, 6) is -0.570. The predicted octanol–water partition coefficient (Wildman–Crippen LogP) is -0.523. The monoisotopic (exact) mass is 257 g/mol. The van der Waals surface area contributed by atoms with Crippen LogP contribution in [0.4, 0.5) is 0 Å². The van der Waals surface area contributed by atoms with E-state index in [2.05, 4.69) is 5.32 Å². The summed E-state index contributed by atoms with van der Waals surface area (Å²) in [6, 6.07) is 0.0534. The third kappa shape index (κ3) is 4.27. The zero-order chi connectivity index (χ0) is 13.8. The summed E-state index contributed by atoms with van der Waals surface area (Å²) in [6.07, 6.45) is 1.10. The molecule has 1 aliphatic rings. The number of nitrogens with one attached hydrogen (secondary N) is 1. The number of hydrogen-bond acceptors (Lipinski definition) is 4. The van der Waals surface area contributed by atoms with E-state index in [9.17, 15) is 9.59 Å². The molecule has 2 amide bonds. The molecule has 1 aliphatic heterocycles. The van der Waals surface area contributed by atoms with Crippen LogP contribution in [0.1, 0.15) is 26.7 Å². The maximum atomic E-state index is 12.3. The van der Waals surface area contributed by atoms with E-state index in [1.807, 2.05) is 13.8 Å². The van der Waals surface area contributed by atoms with Gasteiger partial charge in [0.25, 0.3) is 0 Å². The summed E-state index contributed by atoms with van der Waals surface area (Å²) >= 11 is 0. The van der Waals surface area contributed by atoms with Gasteiger partial charge in [-0.25, -0.2) is 0 Å². The van der Waals surface area contributed by atoms with Crippen LogP contribution in [0.2, 0.25) is 0 Å². The number of primary amides is 1. The second-order valence-electron chi connectivity index (χ2n) is 5.28. The summed E-state index contributed by atoms with van der Waals surface area (Å²) in [4.78, 5) is 24.9. The van der Waals surface area contributed by atoms with Gasteiger partial charge in [0.05, 0.1) is 18.6 Å². The van der Waals surface area contributed by atoms with Crippen molar-refractivity contribution in [2.45, 2.75) is 38.3 Å². The first-order chi connectivity index (χ1) is 8.35. The number of hydrogen-bond donors (Lipinski definition) is 2. The molecule has 1 fully saturated rings. The molecule has 0 spiro atoms. The smallest absolute Gasteiger partial charge is 0.237 e. The van der Waals surface area contributed by atoms with Gasteiger partial charge in [0, 0.05) is 19.7 Å². The van der Waals surface area contributed by atoms with Crippen molar-refractivity contribution >= 4 is 11.8 Å². The van der Waals surface area contributed by atoms with Crippen molar-refractivity contribution < 1.29 is 14.3 Å². The van der Waals surface area contributed by atoms with Gasteiger partial charge in [-0.05, 0) is 26.8 Å². The first kappa shape index (κ1) is 14.9. The SMILES string of the molecule is COC(C)(C)CC(=O)N(CC(N)=O)C1CCNC1. The fourth-order valence-corrected chi connectivity index (χ4v) is 2.03. The highest BCUT2D eigenvalue weighted by Crippen LogP contribution is 2.17. The van der Waals surface area contributed by atoms with Gasteiger partial charge < -0.3 is 20.7 Å². The van der Waals surface area contributed by atoms with E-state index < -0.39 is 11.5 Å². The molecule has 18 heavy (non-hydrogen) atoms. The van der Waals surface area contributed by atoms with Crippen molar-refractivity contribution in [3.63, 3.8) is 0 Å². The van der Waals surface area contributed by atoms with Crippen LogP contribution in [-0.2, 0) is 14.3 Å². The third-order valence-electron chi connectivity index (χ3n) is 3.25. The molecular formula is C12H23N3O3. The molecule has 0 aromatic carbocycles. The van der Waals surface area contributed by atoms with Gasteiger partial charge in [0.1, 0.15) is 0 Å². The van der Waals surface area contributed by atoms with Gasteiger partial charge >= 0.3 is 0 Å². The van der Waals surface area contributed by atoms with Crippen LogP contribution in [0, 0.1) is 0 Å². The van der Waals surface area contributed by atoms with Crippen LogP contribution in [-0.4, -0.2) is 55.1 Å². The lowest BCUT2D eigenvalue weighted by Gasteiger charge is -2.31. The zero-order valence-corrected chi connectivity index (χ0v) is 11.4. The molecule has 3 N–H and O–H groups in total. The van der Waals surface area contributed by atoms with E-state index in [0.717, 1.165) is 13.0 Å². The fourth-order valence-electron chi connectivity index (χ4n) is 2.03. The van der Waals surface area contributed by atoms with Crippen LogP contribution < -0.4 is 11.1 Å². The van der Waals surface area contributed by atoms with E-state index in [-0.39, 0.29) is 24.9 Å². The highest BCUT2D eigenvalue weighted by molar-refractivity contribution is 5.84. The molecule has 1 unspecified atom stereocenters. The van der Waals surface area contributed by atoms with Gasteiger partial charge in [0.2, 0.25) is 11.8 Å². The highest BCUT2D eigenvalue weighted by atomic mass is 16.5. The number of carbonyl (C=O) groups is 2. The molecule has 0 aromatic heterocycles. The Morgan fingerprint density at radius 3 is 2.61 bits per heavy atom. The van der Waals surface area contributed by atoms with Crippen molar-refractivity contribution in [2.75, 3.05) is 26.7 Å². The minimum absolute atomic E-state index is 0.0228. The van der Waals surface area contributed by atoms with E-state index in [4.69, 9.17) is 10.5 Å². The van der Waals surface area contributed by atoms with Crippen LogP contribution in [0.25, 0.3) is 0 Å². The normalized spacial score (nSPS) is 19.8. The Morgan fingerprint density at radius 1 is 1.50 bits per heavy atom. The van der Waals surface area contributed by atoms with Crippen LogP contribution in [0.5, 0.6) is 0 Å². The third-order valence-corrected chi connectivity index (χ3v) is 3.25. The van der Waals surface area contributed by atoms with Gasteiger partial charge in [0.15, 0.2) is 0 Å². The number of ether oxygens (including phenoxy) is 1. The Hall–Kier alpha value is -1.14. The average Bonchev–Trinajstić information content (AvgIpc) is 2.78. The molecule has 1 atom stereocenters. The second kappa shape index (κ2) is 6.15. The molecule has 0 bridgehead atoms. The molecule has 1 heterocycles. The Morgan fingerprint density at radius 2 is 2.17 bits per heavy atom. The lowest BCUT2D eigenvalue weighted by molar-refractivity contribution is -0.141. The predicted molar refractivity (Wildman–Crippen MR) is 67.9 cm³/mol.